The normalized spacial score (nSPS) is 18.5. The third-order valence-corrected chi connectivity index (χ3v) is 6.53. The predicted octanol–water partition coefficient (Wildman–Crippen LogP) is 4.60. The van der Waals surface area contributed by atoms with Crippen LogP contribution in [-0.2, 0) is 22.7 Å². The number of benzene rings is 2. The van der Waals surface area contributed by atoms with Crippen molar-refractivity contribution in [2.45, 2.75) is 13.1 Å². The zero-order chi connectivity index (χ0) is 20.7. The zero-order valence-electron chi connectivity index (χ0n) is 15.8. The molecule has 2 aliphatic heterocycles. The third-order valence-electron chi connectivity index (χ3n) is 5.08. The molecule has 0 bridgehead atoms. The summed E-state index contributed by atoms with van der Waals surface area (Å²) in [5, 5.41) is 0. The molecule has 0 unspecified atom stereocenters. The van der Waals surface area contributed by atoms with Crippen molar-refractivity contribution in [2.75, 3.05) is 4.90 Å². The van der Waals surface area contributed by atoms with Crippen LogP contribution in [0.15, 0.2) is 82.3 Å². The fraction of sp³-hybridized carbons (Fsp3) is 0.0870. The molecule has 0 N–H and O–H groups in total. The first-order valence-corrected chi connectivity index (χ1v) is 10.6. The lowest BCUT2D eigenvalue weighted by molar-refractivity contribution is -0.123. The molecule has 1 fully saturated rings. The van der Waals surface area contributed by atoms with Crippen molar-refractivity contribution in [3.05, 3.63) is 94.8 Å². The van der Waals surface area contributed by atoms with Gasteiger partial charge in [0, 0.05) is 5.56 Å². The Kier molecular flexibility index (Phi) is 4.77. The van der Waals surface area contributed by atoms with Gasteiger partial charge in [-0.1, -0.05) is 72.5 Å². The molecule has 3 aromatic rings. The summed E-state index contributed by atoms with van der Waals surface area (Å²) in [7, 11) is 0. The van der Waals surface area contributed by atoms with E-state index >= 15 is 0 Å². The highest BCUT2D eigenvalue weighted by Gasteiger charge is 2.42. The van der Waals surface area contributed by atoms with Gasteiger partial charge in [0.05, 0.1) is 35.5 Å². The molecule has 30 heavy (non-hydrogen) atoms. The zero-order valence-corrected chi connectivity index (χ0v) is 17.4. The highest BCUT2D eigenvalue weighted by Crippen LogP contribution is 2.45. The van der Waals surface area contributed by atoms with E-state index in [0.717, 1.165) is 16.8 Å². The summed E-state index contributed by atoms with van der Waals surface area (Å²) in [5.41, 5.74) is 3.00. The van der Waals surface area contributed by atoms with Crippen LogP contribution in [0.5, 0.6) is 0 Å². The second-order valence-corrected chi connectivity index (χ2v) is 8.58. The first kappa shape index (κ1) is 18.8. The van der Waals surface area contributed by atoms with Gasteiger partial charge in [-0.2, -0.15) is 0 Å². The number of furan rings is 1. The molecule has 1 saturated heterocycles. The number of anilines is 1. The maximum atomic E-state index is 13.5. The van der Waals surface area contributed by atoms with Crippen molar-refractivity contribution in [1.82, 2.24) is 4.90 Å². The van der Waals surface area contributed by atoms with Crippen LogP contribution in [0.4, 0.5) is 5.69 Å². The van der Waals surface area contributed by atoms with Crippen LogP contribution in [0.1, 0.15) is 16.9 Å². The van der Waals surface area contributed by atoms with Gasteiger partial charge >= 0.3 is 0 Å². The Bertz CT molecular complexity index is 1190. The van der Waals surface area contributed by atoms with Crippen LogP contribution in [0.2, 0.25) is 0 Å². The van der Waals surface area contributed by atoms with E-state index in [0.29, 0.717) is 27.1 Å². The standard InChI is InChI=1S/C23H16N2O3S2/c26-21-19(20-22(27)25(23(29)30-20)14-16-9-6-12-28-16)17-10-4-5-11-18(17)24(21)13-15-7-2-1-3-8-15/h1-12H,13-14H2/b20-19-. The van der Waals surface area contributed by atoms with E-state index < -0.39 is 0 Å². The molecular formula is C23H16N2O3S2. The molecule has 0 saturated carbocycles. The molecule has 2 aromatic carbocycles. The minimum absolute atomic E-state index is 0.182. The molecule has 5 nitrogen and oxygen atoms in total. The average Bonchev–Trinajstić information content (AvgIpc) is 3.44. The van der Waals surface area contributed by atoms with Crippen molar-refractivity contribution in [1.29, 1.82) is 0 Å². The summed E-state index contributed by atoms with van der Waals surface area (Å²) in [6.07, 6.45) is 1.56. The number of thiocarbonyl (C=S) groups is 1. The fourth-order valence-electron chi connectivity index (χ4n) is 3.67. The second kappa shape index (κ2) is 7.59. The smallest absolute Gasteiger partial charge is 0.267 e. The van der Waals surface area contributed by atoms with Crippen LogP contribution in [0, 0.1) is 0 Å². The number of hydrogen-bond donors (Lipinski definition) is 0. The molecule has 0 atom stereocenters. The Morgan fingerprint density at radius 2 is 1.60 bits per heavy atom. The number of hydrogen-bond acceptors (Lipinski definition) is 5. The monoisotopic (exact) mass is 432 g/mol. The molecule has 148 valence electrons. The van der Waals surface area contributed by atoms with Gasteiger partial charge in [-0.05, 0) is 23.8 Å². The minimum atomic E-state index is -0.263. The number of thioether (sulfide) groups is 1. The van der Waals surface area contributed by atoms with E-state index in [-0.39, 0.29) is 18.4 Å². The quantitative estimate of drug-likeness (QED) is 0.446. The van der Waals surface area contributed by atoms with Gasteiger partial charge in [0.25, 0.3) is 11.8 Å². The predicted molar refractivity (Wildman–Crippen MR) is 120 cm³/mol. The highest BCUT2D eigenvalue weighted by molar-refractivity contribution is 8.26. The Morgan fingerprint density at radius 1 is 0.833 bits per heavy atom. The van der Waals surface area contributed by atoms with Crippen molar-refractivity contribution >= 4 is 51.4 Å². The highest BCUT2D eigenvalue weighted by atomic mass is 32.2. The first-order chi connectivity index (χ1) is 14.6. The van der Waals surface area contributed by atoms with E-state index in [1.54, 1.807) is 23.3 Å². The van der Waals surface area contributed by atoms with Gasteiger partial charge in [-0.15, -0.1) is 0 Å². The summed E-state index contributed by atoms with van der Waals surface area (Å²) in [5.74, 6) is 0.195. The number of carbonyl (C=O) groups excluding carboxylic acids is 2. The summed E-state index contributed by atoms with van der Waals surface area (Å²) in [6.45, 7) is 0.685. The van der Waals surface area contributed by atoms with Gasteiger partial charge in [0.15, 0.2) is 0 Å². The Hall–Kier alpha value is -3.16. The molecule has 0 aliphatic carbocycles. The van der Waals surface area contributed by atoms with Crippen LogP contribution < -0.4 is 4.90 Å². The van der Waals surface area contributed by atoms with Gasteiger partial charge in [-0.25, -0.2) is 0 Å². The van der Waals surface area contributed by atoms with E-state index in [1.165, 1.54) is 16.7 Å². The number of para-hydroxylation sites is 1. The van der Waals surface area contributed by atoms with Crippen molar-refractivity contribution in [3.8, 4) is 0 Å². The number of nitrogens with zero attached hydrogens (tertiary/aromatic N) is 2. The lowest BCUT2D eigenvalue weighted by Gasteiger charge is -2.17. The maximum Gasteiger partial charge on any atom is 0.267 e. The average molecular weight is 433 g/mol. The van der Waals surface area contributed by atoms with Gasteiger partial charge in [-0.3, -0.25) is 14.5 Å². The molecule has 7 heteroatoms. The maximum absolute atomic E-state index is 13.5. The molecule has 3 heterocycles. The molecule has 0 radical (unpaired) electrons. The van der Waals surface area contributed by atoms with Crippen molar-refractivity contribution in [2.24, 2.45) is 0 Å². The number of amides is 2. The van der Waals surface area contributed by atoms with Crippen LogP contribution >= 0.6 is 24.0 Å². The molecule has 0 spiro atoms. The number of fused-ring (bicyclic) bond motifs is 1. The minimum Gasteiger partial charge on any atom is -0.467 e. The Labute approximate surface area is 183 Å². The molecular weight excluding hydrogens is 416 g/mol. The number of carbonyl (C=O) groups is 2. The van der Waals surface area contributed by atoms with E-state index in [9.17, 15) is 9.59 Å². The summed E-state index contributed by atoms with van der Waals surface area (Å²) in [4.78, 5) is 30.2. The van der Waals surface area contributed by atoms with Gasteiger partial charge in [0.2, 0.25) is 0 Å². The van der Waals surface area contributed by atoms with Gasteiger partial charge in [0.1, 0.15) is 10.1 Å². The summed E-state index contributed by atoms with van der Waals surface area (Å²) >= 11 is 6.62. The van der Waals surface area contributed by atoms with Crippen molar-refractivity contribution < 1.29 is 14.0 Å². The van der Waals surface area contributed by atoms with Crippen LogP contribution in [0.25, 0.3) is 5.57 Å². The summed E-state index contributed by atoms with van der Waals surface area (Å²) in [6, 6.07) is 20.9. The Morgan fingerprint density at radius 3 is 2.37 bits per heavy atom. The van der Waals surface area contributed by atoms with Crippen molar-refractivity contribution in [3.63, 3.8) is 0 Å². The molecule has 1 aromatic heterocycles. The Balaban J connectivity index is 1.54. The number of rotatable bonds is 4. The third kappa shape index (κ3) is 3.16. The topological polar surface area (TPSA) is 53.8 Å². The largest absolute Gasteiger partial charge is 0.467 e. The lowest BCUT2D eigenvalue weighted by atomic mass is 10.1. The molecule has 2 aliphatic rings. The first-order valence-electron chi connectivity index (χ1n) is 9.39. The summed E-state index contributed by atoms with van der Waals surface area (Å²) < 4.78 is 5.78. The SMILES string of the molecule is O=C1/C(=C2/C(=O)N(Cc3ccccc3)c3ccccc32)SC(=S)N1Cc1ccco1. The lowest BCUT2D eigenvalue weighted by Crippen LogP contribution is -2.29. The molecule has 2 amide bonds. The van der Waals surface area contributed by atoms with Gasteiger partial charge < -0.3 is 9.32 Å². The van der Waals surface area contributed by atoms with E-state index in [1.807, 2.05) is 54.6 Å². The second-order valence-electron chi connectivity index (χ2n) is 6.94. The molecule has 5 rings (SSSR count). The van der Waals surface area contributed by atoms with Crippen LogP contribution in [0.3, 0.4) is 0 Å². The fourth-order valence-corrected chi connectivity index (χ4v) is 4.99. The van der Waals surface area contributed by atoms with E-state index in [2.05, 4.69) is 0 Å². The van der Waals surface area contributed by atoms with E-state index in [4.69, 9.17) is 16.6 Å². The van der Waals surface area contributed by atoms with Crippen LogP contribution in [-0.4, -0.2) is 21.0 Å².